The number of aliphatic carboxylic acids is 1. The van der Waals surface area contributed by atoms with Crippen LogP contribution >= 0.6 is 0 Å². The van der Waals surface area contributed by atoms with Gasteiger partial charge in [-0.05, 0) is 24.8 Å². The molecule has 0 spiro atoms. The molecule has 3 N–H and O–H groups in total. The van der Waals surface area contributed by atoms with Crippen LogP contribution in [0.25, 0.3) is 0 Å². The van der Waals surface area contributed by atoms with Crippen molar-refractivity contribution in [3.63, 3.8) is 0 Å². The Balaban J connectivity index is 1.95. The second-order valence-corrected chi connectivity index (χ2v) is 6.50. The Morgan fingerprint density at radius 3 is 2.46 bits per heavy atom. The molecule has 0 bridgehead atoms. The van der Waals surface area contributed by atoms with Gasteiger partial charge in [-0.2, -0.15) is 0 Å². The fourth-order valence-corrected chi connectivity index (χ4v) is 3.10. The van der Waals surface area contributed by atoms with Gasteiger partial charge in [-0.3, -0.25) is 4.79 Å². The average molecular weight is 334 g/mol. The lowest BCUT2D eigenvalue weighted by Gasteiger charge is -2.31. The number of nitrogens with one attached hydrogen (secondary N) is 1. The molecule has 2 amide bonds. The molecule has 1 aliphatic carbocycles. The van der Waals surface area contributed by atoms with Crippen molar-refractivity contribution >= 4 is 12.0 Å². The van der Waals surface area contributed by atoms with Gasteiger partial charge in [0.25, 0.3) is 0 Å². The number of nitrogens with zero attached hydrogens (tertiary/aromatic N) is 1. The van der Waals surface area contributed by atoms with Crippen molar-refractivity contribution < 1.29 is 19.8 Å². The number of hydrogen-bond acceptors (Lipinski definition) is 3. The third kappa shape index (κ3) is 5.85. The third-order valence-corrected chi connectivity index (χ3v) is 4.37. The zero-order chi connectivity index (χ0) is 17.4. The SMILES string of the molecule is O=C(O)CCCNC(=O)N(Cc1ccccc1)CC1(O)CCCC1. The minimum absolute atomic E-state index is 0.0307. The fraction of sp³-hybridized carbons (Fsp3) is 0.556. The van der Waals surface area contributed by atoms with Crippen LogP contribution in [0.4, 0.5) is 4.79 Å². The van der Waals surface area contributed by atoms with Crippen molar-refractivity contribution in [2.24, 2.45) is 0 Å². The van der Waals surface area contributed by atoms with Crippen molar-refractivity contribution in [2.75, 3.05) is 13.1 Å². The molecule has 1 fully saturated rings. The van der Waals surface area contributed by atoms with Crippen LogP contribution in [0.15, 0.2) is 30.3 Å². The number of carbonyl (C=O) groups excluding carboxylic acids is 1. The van der Waals surface area contributed by atoms with Gasteiger partial charge in [0.05, 0.1) is 12.1 Å². The highest BCUT2D eigenvalue weighted by Crippen LogP contribution is 2.30. The predicted molar refractivity (Wildman–Crippen MR) is 90.5 cm³/mol. The van der Waals surface area contributed by atoms with Crippen LogP contribution in [0, 0.1) is 0 Å². The van der Waals surface area contributed by atoms with Gasteiger partial charge in [-0.1, -0.05) is 43.2 Å². The summed E-state index contributed by atoms with van der Waals surface area (Å²) in [6.45, 7) is 1.04. The molecule has 2 rings (SSSR count). The minimum Gasteiger partial charge on any atom is -0.481 e. The van der Waals surface area contributed by atoms with Crippen LogP contribution in [-0.4, -0.2) is 45.8 Å². The van der Waals surface area contributed by atoms with E-state index in [1.807, 2.05) is 30.3 Å². The molecule has 1 aromatic carbocycles. The Morgan fingerprint density at radius 1 is 1.17 bits per heavy atom. The van der Waals surface area contributed by atoms with Gasteiger partial charge in [0.2, 0.25) is 0 Å². The van der Waals surface area contributed by atoms with Crippen LogP contribution in [0.5, 0.6) is 0 Å². The smallest absolute Gasteiger partial charge is 0.317 e. The molecule has 0 aliphatic heterocycles. The predicted octanol–water partition coefficient (Wildman–Crippen LogP) is 2.37. The zero-order valence-electron chi connectivity index (χ0n) is 13.9. The molecule has 1 aromatic rings. The van der Waals surface area contributed by atoms with Gasteiger partial charge in [-0.25, -0.2) is 4.79 Å². The summed E-state index contributed by atoms with van der Waals surface area (Å²) in [5.41, 5.74) is 0.187. The number of urea groups is 1. The molecule has 0 radical (unpaired) electrons. The van der Waals surface area contributed by atoms with Gasteiger partial charge in [-0.15, -0.1) is 0 Å². The van der Waals surface area contributed by atoms with E-state index in [0.717, 1.165) is 18.4 Å². The van der Waals surface area contributed by atoms with Gasteiger partial charge >= 0.3 is 12.0 Å². The van der Waals surface area contributed by atoms with Crippen molar-refractivity contribution in [3.05, 3.63) is 35.9 Å². The molecule has 0 saturated heterocycles. The normalized spacial score (nSPS) is 15.9. The third-order valence-electron chi connectivity index (χ3n) is 4.37. The quantitative estimate of drug-likeness (QED) is 0.637. The van der Waals surface area contributed by atoms with E-state index in [9.17, 15) is 14.7 Å². The summed E-state index contributed by atoms with van der Waals surface area (Å²) in [7, 11) is 0. The molecule has 6 heteroatoms. The lowest BCUT2D eigenvalue weighted by molar-refractivity contribution is -0.137. The first-order valence-corrected chi connectivity index (χ1v) is 8.49. The largest absolute Gasteiger partial charge is 0.481 e. The number of benzene rings is 1. The zero-order valence-corrected chi connectivity index (χ0v) is 13.9. The van der Waals surface area contributed by atoms with Crippen LogP contribution in [-0.2, 0) is 11.3 Å². The first-order valence-electron chi connectivity index (χ1n) is 8.49. The van der Waals surface area contributed by atoms with Crippen LogP contribution in [0.2, 0.25) is 0 Å². The molecule has 1 aliphatic rings. The molecular weight excluding hydrogens is 308 g/mol. The molecule has 24 heavy (non-hydrogen) atoms. The first-order chi connectivity index (χ1) is 11.5. The second kappa shape index (κ2) is 8.68. The minimum atomic E-state index is -0.870. The number of hydrogen-bond donors (Lipinski definition) is 3. The monoisotopic (exact) mass is 334 g/mol. The number of aliphatic hydroxyl groups is 1. The average Bonchev–Trinajstić information content (AvgIpc) is 2.98. The maximum Gasteiger partial charge on any atom is 0.317 e. The standard InChI is InChI=1S/C18H26N2O4/c21-16(22)9-6-12-19-17(23)20(13-15-7-2-1-3-8-15)14-18(24)10-4-5-11-18/h1-3,7-8,24H,4-6,9-14H2,(H,19,23)(H,21,22). The van der Waals surface area contributed by atoms with Crippen molar-refractivity contribution in [1.82, 2.24) is 10.2 Å². The Kier molecular flexibility index (Phi) is 6.61. The highest BCUT2D eigenvalue weighted by Gasteiger charge is 2.34. The van der Waals surface area contributed by atoms with Crippen molar-refractivity contribution in [3.8, 4) is 0 Å². The summed E-state index contributed by atoms with van der Waals surface area (Å²) in [5, 5.41) is 22.0. The molecule has 6 nitrogen and oxygen atoms in total. The van der Waals surface area contributed by atoms with E-state index in [1.54, 1.807) is 4.90 Å². The van der Waals surface area contributed by atoms with E-state index in [0.29, 0.717) is 38.9 Å². The van der Waals surface area contributed by atoms with E-state index in [1.165, 1.54) is 0 Å². The van der Waals surface area contributed by atoms with Gasteiger partial charge < -0.3 is 20.4 Å². The molecule has 0 aromatic heterocycles. The molecule has 0 heterocycles. The Bertz CT molecular complexity index is 541. The fourth-order valence-electron chi connectivity index (χ4n) is 3.10. The lowest BCUT2D eigenvalue weighted by atomic mass is 10.0. The summed E-state index contributed by atoms with van der Waals surface area (Å²) in [6, 6.07) is 9.40. The molecule has 0 unspecified atom stereocenters. The van der Waals surface area contributed by atoms with Crippen LogP contribution in [0.3, 0.4) is 0 Å². The lowest BCUT2D eigenvalue weighted by Crippen LogP contribution is -2.48. The molecule has 0 atom stereocenters. The summed E-state index contributed by atoms with van der Waals surface area (Å²) < 4.78 is 0. The highest BCUT2D eigenvalue weighted by atomic mass is 16.4. The highest BCUT2D eigenvalue weighted by molar-refractivity contribution is 5.74. The molecule has 1 saturated carbocycles. The number of amides is 2. The van der Waals surface area contributed by atoms with Gasteiger partial charge in [0, 0.05) is 19.5 Å². The summed E-state index contributed by atoms with van der Waals surface area (Å²) >= 11 is 0. The Morgan fingerprint density at radius 2 is 1.83 bits per heavy atom. The van der Waals surface area contributed by atoms with Crippen molar-refractivity contribution in [1.29, 1.82) is 0 Å². The van der Waals surface area contributed by atoms with Gasteiger partial charge in [0.15, 0.2) is 0 Å². The van der Waals surface area contributed by atoms with E-state index in [-0.39, 0.29) is 12.5 Å². The maximum atomic E-state index is 12.5. The topological polar surface area (TPSA) is 89.9 Å². The van der Waals surface area contributed by atoms with E-state index >= 15 is 0 Å². The Hall–Kier alpha value is -2.08. The van der Waals surface area contributed by atoms with E-state index < -0.39 is 11.6 Å². The number of carboxylic acids is 1. The van der Waals surface area contributed by atoms with Crippen molar-refractivity contribution in [2.45, 2.75) is 50.7 Å². The first kappa shape index (κ1) is 18.3. The van der Waals surface area contributed by atoms with E-state index in [2.05, 4.69) is 5.32 Å². The van der Waals surface area contributed by atoms with Gasteiger partial charge in [0.1, 0.15) is 0 Å². The summed E-state index contributed by atoms with van der Waals surface area (Å²) in [5.74, 6) is -0.870. The molecular formula is C18H26N2O4. The number of rotatable bonds is 8. The van der Waals surface area contributed by atoms with Crippen LogP contribution < -0.4 is 5.32 Å². The Labute approximate surface area is 142 Å². The molecule has 132 valence electrons. The number of carbonyl (C=O) groups is 2. The second-order valence-electron chi connectivity index (χ2n) is 6.50. The summed E-state index contributed by atoms with van der Waals surface area (Å²) in [4.78, 5) is 24.6. The summed E-state index contributed by atoms with van der Waals surface area (Å²) in [6.07, 6.45) is 3.81. The maximum absolute atomic E-state index is 12.5. The van der Waals surface area contributed by atoms with E-state index in [4.69, 9.17) is 5.11 Å². The van der Waals surface area contributed by atoms with Crippen LogP contribution in [0.1, 0.15) is 44.1 Å². The number of carboxylic acid groups (broad SMARTS) is 1.